The van der Waals surface area contributed by atoms with Crippen LogP contribution in [0.4, 0.5) is 0 Å². The van der Waals surface area contributed by atoms with Crippen molar-refractivity contribution in [3.8, 4) is 5.75 Å². The lowest BCUT2D eigenvalue weighted by Gasteiger charge is -2.55. The summed E-state index contributed by atoms with van der Waals surface area (Å²) in [6, 6.07) is 6.29. The lowest BCUT2D eigenvalue weighted by molar-refractivity contribution is -0.163. The highest BCUT2D eigenvalue weighted by molar-refractivity contribution is 5.88. The van der Waals surface area contributed by atoms with E-state index < -0.39 is 0 Å². The SMILES string of the molecule is C=C[C@@H]1[C@@H](C(=O)OC)[C@H]2c3c(c4cc(OC)ccc4n3C)CCN12. The normalized spacial score (nSPS) is 25.5. The average molecular weight is 326 g/mol. The van der Waals surface area contributed by atoms with Crippen LogP contribution in [0, 0.1) is 5.92 Å². The van der Waals surface area contributed by atoms with E-state index in [1.807, 2.05) is 12.1 Å². The summed E-state index contributed by atoms with van der Waals surface area (Å²) in [4.78, 5) is 14.7. The topological polar surface area (TPSA) is 43.7 Å². The number of aromatic nitrogens is 1. The van der Waals surface area contributed by atoms with Gasteiger partial charge in [-0.25, -0.2) is 0 Å². The van der Waals surface area contributed by atoms with Crippen molar-refractivity contribution in [1.82, 2.24) is 9.47 Å². The van der Waals surface area contributed by atoms with E-state index >= 15 is 0 Å². The first-order valence-corrected chi connectivity index (χ1v) is 8.23. The Balaban J connectivity index is 1.88. The van der Waals surface area contributed by atoms with Gasteiger partial charge in [0.15, 0.2) is 0 Å². The number of aryl methyl sites for hydroxylation is 1. The van der Waals surface area contributed by atoms with E-state index in [4.69, 9.17) is 9.47 Å². The Hall–Kier alpha value is -2.27. The Morgan fingerprint density at radius 2 is 2.17 bits per heavy atom. The smallest absolute Gasteiger partial charge is 0.312 e. The third kappa shape index (κ3) is 1.82. The van der Waals surface area contributed by atoms with Crippen LogP contribution in [-0.4, -0.2) is 42.2 Å². The van der Waals surface area contributed by atoms with E-state index in [2.05, 4.69) is 35.2 Å². The summed E-state index contributed by atoms with van der Waals surface area (Å²) < 4.78 is 12.7. The Kier molecular flexibility index (Phi) is 3.42. The zero-order chi connectivity index (χ0) is 17.0. The van der Waals surface area contributed by atoms with Crippen LogP contribution in [0.1, 0.15) is 17.3 Å². The number of esters is 1. The Morgan fingerprint density at radius 3 is 2.83 bits per heavy atom. The van der Waals surface area contributed by atoms with E-state index in [-0.39, 0.29) is 24.0 Å². The number of hydrogen-bond donors (Lipinski definition) is 0. The number of hydrogen-bond acceptors (Lipinski definition) is 4. The molecule has 3 atom stereocenters. The summed E-state index contributed by atoms with van der Waals surface area (Å²) in [6.07, 6.45) is 2.84. The maximum Gasteiger partial charge on any atom is 0.312 e. The van der Waals surface area contributed by atoms with Gasteiger partial charge in [-0.15, -0.1) is 6.58 Å². The molecule has 2 aliphatic rings. The third-order valence-corrected chi connectivity index (χ3v) is 5.62. The van der Waals surface area contributed by atoms with Gasteiger partial charge in [0, 0.05) is 36.2 Å². The fourth-order valence-electron chi connectivity index (χ4n) is 4.51. The fraction of sp³-hybridized carbons (Fsp3) is 0.421. The second kappa shape index (κ2) is 5.38. The van der Waals surface area contributed by atoms with Crippen molar-refractivity contribution in [3.05, 3.63) is 42.1 Å². The third-order valence-electron chi connectivity index (χ3n) is 5.62. The number of rotatable bonds is 3. The van der Waals surface area contributed by atoms with Gasteiger partial charge in [0.25, 0.3) is 0 Å². The summed E-state index contributed by atoms with van der Waals surface area (Å²) in [5, 5.41) is 1.22. The van der Waals surface area contributed by atoms with Crippen LogP contribution in [0.15, 0.2) is 30.9 Å². The summed E-state index contributed by atoms with van der Waals surface area (Å²) in [5.41, 5.74) is 3.72. The summed E-state index contributed by atoms with van der Waals surface area (Å²) in [7, 11) is 5.22. The van der Waals surface area contributed by atoms with Crippen LogP contribution in [0.5, 0.6) is 5.75 Å². The van der Waals surface area contributed by atoms with Crippen molar-refractivity contribution in [2.45, 2.75) is 18.5 Å². The van der Waals surface area contributed by atoms with E-state index in [0.717, 1.165) is 18.7 Å². The molecule has 0 N–H and O–H groups in total. The second-order valence-corrected chi connectivity index (χ2v) is 6.51. The van der Waals surface area contributed by atoms with Gasteiger partial charge in [-0.1, -0.05) is 6.08 Å². The zero-order valence-electron chi connectivity index (χ0n) is 14.3. The maximum absolute atomic E-state index is 12.3. The minimum atomic E-state index is -0.184. The quantitative estimate of drug-likeness (QED) is 0.642. The highest BCUT2D eigenvalue weighted by Crippen LogP contribution is 2.51. The number of carbonyl (C=O) groups excluding carboxylic acids is 1. The Bertz CT molecular complexity index is 839. The lowest BCUT2D eigenvalue weighted by atomic mass is 9.74. The summed E-state index contributed by atoms with van der Waals surface area (Å²) >= 11 is 0. The van der Waals surface area contributed by atoms with Crippen molar-refractivity contribution in [2.75, 3.05) is 20.8 Å². The maximum atomic E-state index is 12.3. The molecule has 0 saturated carbocycles. The monoisotopic (exact) mass is 326 g/mol. The predicted molar refractivity (Wildman–Crippen MR) is 92.1 cm³/mol. The van der Waals surface area contributed by atoms with Gasteiger partial charge in [0.1, 0.15) is 5.75 Å². The molecule has 0 spiro atoms. The standard InChI is InChI=1S/C19H22N2O3/c1-5-14-16(19(22)24-4)18-17-12(8-9-21(14)18)13-10-11(23-3)6-7-15(13)20(17)2/h5-7,10,14,16,18H,1,8-9H2,2-4H3/t14-,16-,18+/m1/s1. The minimum absolute atomic E-state index is 0.0585. The molecule has 0 radical (unpaired) electrons. The van der Waals surface area contributed by atoms with Crippen LogP contribution >= 0.6 is 0 Å². The molecule has 5 heteroatoms. The Labute approximate surface area is 141 Å². The molecule has 2 aliphatic heterocycles. The van der Waals surface area contributed by atoms with Crippen LogP contribution in [0.25, 0.3) is 10.9 Å². The fourth-order valence-corrected chi connectivity index (χ4v) is 4.51. The molecule has 1 aromatic carbocycles. The molecule has 126 valence electrons. The highest BCUT2D eigenvalue weighted by Gasteiger charge is 2.55. The number of nitrogens with zero attached hydrogens (tertiary/aromatic N) is 2. The predicted octanol–water partition coefficient (Wildman–Crippen LogP) is 2.44. The van der Waals surface area contributed by atoms with Crippen molar-refractivity contribution < 1.29 is 14.3 Å². The van der Waals surface area contributed by atoms with Crippen LogP contribution in [0.2, 0.25) is 0 Å². The van der Waals surface area contributed by atoms with Crippen LogP contribution < -0.4 is 4.74 Å². The van der Waals surface area contributed by atoms with Crippen molar-refractivity contribution in [1.29, 1.82) is 0 Å². The molecule has 0 aliphatic carbocycles. The molecular formula is C19H22N2O3. The molecule has 1 fully saturated rings. The molecule has 3 heterocycles. The number of benzene rings is 1. The molecule has 1 aromatic heterocycles. The van der Waals surface area contributed by atoms with Gasteiger partial charge < -0.3 is 14.0 Å². The van der Waals surface area contributed by atoms with E-state index in [9.17, 15) is 4.79 Å². The molecule has 0 bridgehead atoms. The molecule has 1 saturated heterocycles. The van der Waals surface area contributed by atoms with Crippen molar-refractivity contribution in [3.63, 3.8) is 0 Å². The van der Waals surface area contributed by atoms with E-state index in [0.29, 0.717) is 0 Å². The van der Waals surface area contributed by atoms with Crippen LogP contribution in [-0.2, 0) is 23.0 Å². The molecular weight excluding hydrogens is 304 g/mol. The first kappa shape index (κ1) is 15.3. The molecule has 2 aromatic rings. The molecule has 5 nitrogen and oxygen atoms in total. The first-order chi connectivity index (χ1) is 11.6. The van der Waals surface area contributed by atoms with E-state index in [1.54, 1.807) is 7.11 Å². The number of carbonyl (C=O) groups is 1. The van der Waals surface area contributed by atoms with Gasteiger partial charge in [0.05, 0.1) is 26.2 Å². The van der Waals surface area contributed by atoms with Gasteiger partial charge in [-0.2, -0.15) is 0 Å². The molecule has 0 amide bonds. The van der Waals surface area contributed by atoms with Crippen LogP contribution in [0.3, 0.4) is 0 Å². The zero-order valence-corrected chi connectivity index (χ0v) is 14.3. The highest BCUT2D eigenvalue weighted by atomic mass is 16.5. The first-order valence-electron chi connectivity index (χ1n) is 8.23. The second-order valence-electron chi connectivity index (χ2n) is 6.51. The van der Waals surface area contributed by atoms with Gasteiger partial charge in [-0.3, -0.25) is 9.69 Å². The summed E-state index contributed by atoms with van der Waals surface area (Å²) in [5.74, 6) is 0.522. The number of methoxy groups -OCH3 is 2. The van der Waals surface area contributed by atoms with Crippen molar-refractivity contribution >= 4 is 16.9 Å². The average Bonchev–Trinajstić information content (AvgIpc) is 2.87. The Morgan fingerprint density at radius 1 is 1.38 bits per heavy atom. The van der Waals surface area contributed by atoms with E-state index in [1.165, 1.54) is 29.3 Å². The molecule has 24 heavy (non-hydrogen) atoms. The van der Waals surface area contributed by atoms with Gasteiger partial charge in [0.2, 0.25) is 0 Å². The number of fused-ring (bicyclic) bond motifs is 5. The number of ether oxygens (including phenoxy) is 2. The van der Waals surface area contributed by atoms with Gasteiger partial charge in [-0.05, 0) is 30.2 Å². The lowest BCUT2D eigenvalue weighted by Crippen LogP contribution is -2.62. The van der Waals surface area contributed by atoms with Crippen molar-refractivity contribution in [2.24, 2.45) is 13.0 Å². The summed E-state index contributed by atoms with van der Waals surface area (Å²) in [6.45, 7) is 4.84. The molecule has 0 unspecified atom stereocenters. The molecule has 4 rings (SSSR count). The van der Waals surface area contributed by atoms with Gasteiger partial charge >= 0.3 is 5.97 Å². The minimum Gasteiger partial charge on any atom is -0.497 e. The largest absolute Gasteiger partial charge is 0.497 e.